The third kappa shape index (κ3) is 1.09. The lowest BCUT2D eigenvalue weighted by Crippen LogP contribution is -2.21. The Morgan fingerprint density at radius 2 is 1.75 bits per heavy atom. The maximum absolute atomic E-state index is 10.9. The molecule has 0 saturated carbocycles. The number of hydrogen-bond acceptors (Lipinski definition) is 1. The predicted octanol–water partition coefficient (Wildman–Crippen LogP) is 1.36. The number of carbonyl (C=O) groups excluding carboxylic acids is 1. The molecular formula is C10H10NO. The number of fused-ring (bicyclic) bond motifs is 1. The molecule has 0 saturated heterocycles. The standard InChI is InChI=1S/C10H10NO/c1-8(12)11-6-9-4-2-3-5-10(9)7-11/h2-5H,1,6-7H2. The summed E-state index contributed by atoms with van der Waals surface area (Å²) >= 11 is 0. The van der Waals surface area contributed by atoms with Gasteiger partial charge in [0.15, 0.2) is 0 Å². The molecular weight excluding hydrogens is 150 g/mol. The lowest BCUT2D eigenvalue weighted by atomic mass is 10.1. The van der Waals surface area contributed by atoms with Crippen LogP contribution in [0.3, 0.4) is 0 Å². The molecule has 2 nitrogen and oxygen atoms in total. The molecule has 0 unspecified atom stereocenters. The first-order chi connectivity index (χ1) is 5.77. The molecule has 1 heterocycles. The first kappa shape index (κ1) is 7.35. The normalized spacial score (nSPS) is 14.6. The molecule has 1 aromatic rings. The summed E-state index contributed by atoms with van der Waals surface area (Å²) in [6, 6.07) is 8.10. The van der Waals surface area contributed by atoms with Crippen molar-refractivity contribution in [1.29, 1.82) is 0 Å². The minimum atomic E-state index is -0.0915. The van der Waals surface area contributed by atoms with Gasteiger partial charge in [-0.25, -0.2) is 0 Å². The molecule has 0 atom stereocenters. The highest BCUT2D eigenvalue weighted by Crippen LogP contribution is 2.21. The Balaban J connectivity index is 2.27. The van der Waals surface area contributed by atoms with Gasteiger partial charge in [-0.3, -0.25) is 4.79 Å². The zero-order valence-electron chi connectivity index (χ0n) is 6.79. The van der Waals surface area contributed by atoms with Gasteiger partial charge in [0, 0.05) is 20.0 Å². The van der Waals surface area contributed by atoms with Gasteiger partial charge in [-0.2, -0.15) is 0 Å². The fourth-order valence-electron chi connectivity index (χ4n) is 1.51. The topological polar surface area (TPSA) is 20.3 Å². The van der Waals surface area contributed by atoms with Crippen LogP contribution in [0, 0.1) is 6.92 Å². The number of carbonyl (C=O) groups is 1. The number of benzene rings is 1. The van der Waals surface area contributed by atoms with Crippen LogP contribution in [0.15, 0.2) is 24.3 Å². The van der Waals surface area contributed by atoms with Gasteiger partial charge >= 0.3 is 0 Å². The Labute approximate surface area is 71.8 Å². The Bertz CT molecular complexity index is 294. The first-order valence-corrected chi connectivity index (χ1v) is 3.95. The molecule has 12 heavy (non-hydrogen) atoms. The van der Waals surface area contributed by atoms with E-state index in [1.54, 1.807) is 4.90 Å². The summed E-state index contributed by atoms with van der Waals surface area (Å²) in [5.41, 5.74) is 2.49. The highest BCUT2D eigenvalue weighted by atomic mass is 16.2. The maximum Gasteiger partial charge on any atom is 0.223 e. The van der Waals surface area contributed by atoms with Gasteiger partial charge in [0.05, 0.1) is 0 Å². The lowest BCUT2D eigenvalue weighted by Gasteiger charge is -2.10. The zero-order chi connectivity index (χ0) is 8.55. The van der Waals surface area contributed by atoms with Gasteiger partial charge in [-0.1, -0.05) is 24.3 Å². The molecule has 61 valence electrons. The molecule has 0 bridgehead atoms. The van der Waals surface area contributed by atoms with Crippen molar-refractivity contribution in [3.05, 3.63) is 42.3 Å². The number of hydrogen-bond donors (Lipinski definition) is 0. The Morgan fingerprint density at radius 3 is 2.17 bits per heavy atom. The zero-order valence-corrected chi connectivity index (χ0v) is 6.79. The van der Waals surface area contributed by atoms with Gasteiger partial charge in [0.25, 0.3) is 0 Å². The molecule has 2 rings (SSSR count). The second-order valence-corrected chi connectivity index (χ2v) is 3.02. The summed E-state index contributed by atoms with van der Waals surface area (Å²) in [6.07, 6.45) is 0. The van der Waals surface area contributed by atoms with Gasteiger partial charge in [-0.15, -0.1) is 0 Å². The van der Waals surface area contributed by atoms with Crippen molar-refractivity contribution in [2.24, 2.45) is 0 Å². The molecule has 1 amide bonds. The van der Waals surface area contributed by atoms with E-state index in [0.717, 1.165) is 13.1 Å². The Hall–Kier alpha value is -1.31. The van der Waals surface area contributed by atoms with E-state index in [1.807, 2.05) is 12.1 Å². The molecule has 0 aromatic heterocycles. The van der Waals surface area contributed by atoms with Crippen molar-refractivity contribution in [2.45, 2.75) is 13.1 Å². The number of rotatable bonds is 0. The highest BCUT2D eigenvalue weighted by Gasteiger charge is 2.19. The second-order valence-electron chi connectivity index (χ2n) is 3.02. The maximum atomic E-state index is 10.9. The summed E-state index contributed by atoms with van der Waals surface area (Å²) in [5.74, 6) is -0.0915. The summed E-state index contributed by atoms with van der Waals surface area (Å²) in [5, 5.41) is 0. The molecule has 1 aliphatic heterocycles. The monoisotopic (exact) mass is 160 g/mol. The van der Waals surface area contributed by atoms with E-state index in [1.165, 1.54) is 11.1 Å². The van der Waals surface area contributed by atoms with Crippen LogP contribution >= 0.6 is 0 Å². The highest BCUT2D eigenvalue weighted by molar-refractivity contribution is 5.80. The van der Waals surface area contributed by atoms with E-state index in [2.05, 4.69) is 19.1 Å². The summed E-state index contributed by atoms with van der Waals surface area (Å²) < 4.78 is 0. The van der Waals surface area contributed by atoms with Crippen LogP contribution < -0.4 is 0 Å². The largest absolute Gasteiger partial charge is 0.334 e. The predicted molar refractivity (Wildman–Crippen MR) is 46.1 cm³/mol. The fraction of sp³-hybridized carbons (Fsp3) is 0.200. The van der Waals surface area contributed by atoms with E-state index in [-0.39, 0.29) is 5.91 Å². The minimum absolute atomic E-state index is 0.0915. The summed E-state index contributed by atoms with van der Waals surface area (Å²) in [6.45, 7) is 4.83. The third-order valence-electron chi connectivity index (χ3n) is 2.19. The van der Waals surface area contributed by atoms with Crippen molar-refractivity contribution in [3.63, 3.8) is 0 Å². The number of amides is 1. The van der Waals surface area contributed by atoms with Crippen LogP contribution in [0.5, 0.6) is 0 Å². The van der Waals surface area contributed by atoms with Gasteiger partial charge in [0.2, 0.25) is 5.91 Å². The van der Waals surface area contributed by atoms with Crippen LogP contribution in [-0.4, -0.2) is 10.8 Å². The van der Waals surface area contributed by atoms with Crippen molar-refractivity contribution in [3.8, 4) is 0 Å². The van der Waals surface area contributed by atoms with E-state index in [0.29, 0.717) is 0 Å². The van der Waals surface area contributed by atoms with E-state index in [4.69, 9.17) is 0 Å². The summed E-state index contributed by atoms with van der Waals surface area (Å²) in [7, 11) is 0. The van der Waals surface area contributed by atoms with Crippen molar-refractivity contribution >= 4 is 5.91 Å². The fourth-order valence-corrected chi connectivity index (χ4v) is 1.51. The molecule has 0 N–H and O–H groups in total. The molecule has 1 aromatic carbocycles. The van der Waals surface area contributed by atoms with Crippen molar-refractivity contribution < 1.29 is 4.79 Å². The Morgan fingerprint density at radius 1 is 1.25 bits per heavy atom. The van der Waals surface area contributed by atoms with Crippen LogP contribution in [0.2, 0.25) is 0 Å². The van der Waals surface area contributed by atoms with E-state index in [9.17, 15) is 4.79 Å². The summed E-state index contributed by atoms with van der Waals surface area (Å²) in [4.78, 5) is 12.7. The number of nitrogens with zero attached hydrogens (tertiary/aromatic N) is 1. The second kappa shape index (κ2) is 2.63. The van der Waals surface area contributed by atoms with Gasteiger partial charge in [0.1, 0.15) is 0 Å². The SMILES string of the molecule is [CH2]C(=O)N1Cc2ccccc2C1. The van der Waals surface area contributed by atoms with Crippen LogP contribution in [0.4, 0.5) is 0 Å². The Kier molecular flexibility index (Phi) is 1.61. The van der Waals surface area contributed by atoms with Gasteiger partial charge in [-0.05, 0) is 11.1 Å². The molecule has 1 aliphatic rings. The van der Waals surface area contributed by atoms with Crippen LogP contribution in [0.1, 0.15) is 11.1 Å². The van der Waals surface area contributed by atoms with Gasteiger partial charge < -0.3 is 4.90 Å². The molecule has 0 spiro atoms. The van der Waals surface area contributed by atoms with Crippen LogP contribution in [0.25, 0.3) is 0 Å². The molecule has 0 aliphatic carbocycles. The minimum Gasteiger partial charge on any atom is -0.334 e. The lowest BCUT2D eigenvalue weighted by molar-refractivity contribution is -0.126. The third-order valence-corrected chi connectivity index (χ3v) is 2.19. The van der Waals surface area contributed by atoms with E-state index < -0.39 is 0 Å². The van der Waals surface area contributed by atoms with Crippen molar-refractivity contribution in [2.75, 3.05) is 0 Å². The molecule has 1 radical (unpaired) electrons. The molecule has 2 heteroatoms. The first-order valence-electron chi connectivity index (χ1n) is 3.95. The van der Waals surface area contributed by atoms with Crippen LogP contribution in [-0.2, 0) is 17.9 Å². The average Bonchev–Trinajstić information content (AvgIpc) is 2.46. The quantitative estimate of drug-likeness (QED) is 0.561. The van der Waals surface area contributed by atoms with Crippen molar-refractivity contribution in [1.82, 2.24) is 4.90 Å². The average molecular weight is 160 g/mol. The van der Waals surface area contributed by atoms with E-state index >= 15 is 0 Å². The smallest absolute Gasteiger partial charge is 0.223 e. The molecule has 0 fully saturated rings.